The van der Waals surface area contributed by atoms with E-state index in [0.717, 1.165) is 22.2 Å². The summed E-state index contributed by atoms with van der Waals surface area (Å²) < 4.78 is 25.7. The van der Waals surface area contributed by atoms with Crippen molar-refractivity contribution < 1.29 is 8.78 Å². The number of fused-ring (bicyclic) bond motifs is 1. The zero-order chi connectivity index (χ0) is 14.1. The molecule has 0 spiro atoms. The van der Waals surface area contributed by atoms with Crippen molar-refractivity contribution in [1.29, 1.82) is 0 Å². The molecule has 2 atom stereocenters. The lowest BCUT2D eigenvalue weighted by Gasteiger charge is -2.26. The van der Waals surface area contributed by atoms with Crippen molar-refractivity contribution in [1.82, 2.24) is 15.3 Å². The van der Waals surface area contributed by atoms with E-state index >= 15 is 0 Å². The van der Waals surface area contributed by atoms with E-state index in [1.165, 1.54) is 0 Å². The molecule has 1 aliphatic rings. The van der Waals surface area contributed by atoms with Crippen LogP contribution in [0.5, 0.6) is 0 Å². The minimum atomic E-state index is -2.29. The highest BCUT2D eigenvalue weighted by Crippen LogP contribution is 2.30. The molecule has 3 rings (SSSR count). The summed E-state index contributed by atoms with van der Waals surface area (Å²) in [6.45, 7) is 2.91. The number of nitrogens with one attached hydrogen (secondary N) is 2. The van der Waals surface area contributed by atoms with Crippen LogP contribution in [0.15, 0.2) is 30.6 Å². The minimum Gasteiger partial charge on any atom is -0.346 e. The average Bonchev–Trinajstić information content (AvgIpc) is 2.90. The Morgan fingerprint density at radius 1 is 1.40 bits per heavy atom. The van der Waals surface area contributed by atoms with Gasteiger partial charge in [-0.1, -0.05) is 13.0 Å². The van der Waals surface area contributed by atoms with Gasteiger partial charge in [-0.05, 0) is 23.6 Å². The average molecular weight is 277 g/mol. The lowest BCUT2D eigenvalue weighted by molar-refractivity contribution is 0.0643. The molecule has 5 heteroatoms. The van der Waals surface area contributed by atoms with E-state index in [4.69, 9.17) is 0 Å². The minimum absolute atomic E-state index is 0.139. The Labute approximate surface area is 116 Å². The van der Waals surface area contributed by atoms with E-state index in [1.807, 2.05) is 24.4 Å². The van der Waals surface area contributed by atoms with Crippen molar-refractivity contribution in [2.75, 3.05) is 13.1 Å². The van der Waals surface area contributed by atoms with Gasteiger partial charge in [0.2, 0.25) is 6.43 Å². The third kappa shape index (κ3) is 2.33. The Balaban J connectivity index is 1.96. The van der Waals surface area contributed by atoms with Gasteiger partial charge in [-0.25, -0.2) is 13.8 Å². The smallest absolute Gasteiger partial charge is 0.241 e. The first-order valence-electron chi connectivity index (χ1n) is 6.79. The van der Waals surface area contributed by atoms with Gasteiger partial charge in [-0.15, -0.1) is 0 Å². The second-order valence-electron chi connectivity index (χ2n) is 5.28. The molecule has 3 nitrogen and oxygen atoms in total. The fourth-order valence-electron chi connectivity index (χ4n) is 2.68. The molecule has 0 bridgehead atoms. The summed E-state index contributed by atoms with van der Waals surface area (Å²) in [6.07, 6.45) is 3.34. The van der Waals surface area contributed by atoms with Gasteiger partial charge < -0.3 is 10.3 Å². The van der Waals surface area contributed by atoms with Crippen LogP contribution in [-0.2, 0) is 0 Å². The molecule has 2 N–H and O–H groups in total. The number of H-pyrrole nitrogens is 1. The molecule has 1 aliphatic heterocycles. The molecule has 3 heterocycles. The number of pyridine rings is 1. The maximum atomic E-state index is 12.9. The molecule has 0 saturated heterocycles. The second kappa shape index (κ2) is 5.32. The van der Waals surface area contributed by atoms with E-state index in [9.17, 15) is 8.78 Å². The molecule has 0 radical (unpaired) electrons. The zero-order valence-electron chi connectivity index (χ0n) is 11.2. The van der Waals surface area contributed by atoms with Gasteiger partial charge in [-0.2, -0.15) is 0 Å². The van der Waals surface area contributed by atoms with Gasteiger partial charge in [0, 0.05) is 42.4 Å². The van der Waals surface area contributed by atoms with Crippen LogP contribution in [0.3, 0.4) is 0 Å². The largest absolute Gasteiger partial charge is 0.346 e. The summed E-state index contributed by atoms with van der Waals surface area (Å²) in [4.78, 5) is 7.38. The van der Waals surface area contributed by atoms with Gasteiger partial charge >= 0.3 is 0 Å². The van der Waals surface area contributed by atoms with Crippen molar-refractivity contribution in [3.05, 3.63) is 36.2 Å². The summed E-state index contributed by atoms with van der Waals surface area (Å²) in [5, 5.41) is 4.27. The molecule has 0 saturated carbocycles. The van der Waals surface area contributed by atoms with Crippen molar-refractivity contribution in [2.24, 2.45) is 11.8 Å². The predicted octanol–water partition coefficient (Wildman–Crippen LogP) is 3.07. The second-order valence-corrected chi connectivity index (χ2v) is 5.28. The quantitative estimate of drug-likeness (QED) is 0.905. The lowest BCUT2D eigenvalue weighted by atomic mass is 9.88. The number of hydrogen-bond acceptors (Lipinski definition) is 2. The standard InChI is InChI=1S/C15H17F2N3/c1-9(14(16)17)10-5-11(7-18-6-10)13-8-20-15-12(13)3-2-4-19-15/h2-5,8-10,14,18H,6-7H2,1H3,(H,19,20). The third-order valence-electron chi connectivity index (χ3n) is 3.98. The van der Waals surface area contributed by atoms with Crippen molar-refractivity contribution in [3.8, 4) is 0 Å². The highest BCUT2D eigenvalue weighted by atomic mass is 19.3. The van der Waals surface area contributed by atoms with Crippen LogP contribution in [-0.4, -0.2) is 29.5 Å². The molecule has 0 amide bonds. The van der Waals surface area contributed by atoms with Gasteiger partial charge in [0.05, 0.1) is 0 Å². The van der Waals surface area contributed by atoms with Gasteiger partial charge in [0.25, 0.3) is 0 Å². The number of hydrogen-bond donors (Lipinski definition) is 2. The van der Waals surface area contributed by atoms with Gasteiger partial charge in [0.15, 0.2) is 0 Å². The van der Waals surface area contributed by atoms with Crippen LogP contribution in [0, 0.1) is 11.8 Å². The molecule has 2 aromatic rings. The number of nitrogens with zero attached hydrogens (tertiary/aromatic N) is 1. The molecular weight excluding hydrogens is 260 g/mol. The molecule has 0 aliphatic carbocycles. The first kappa shape index (κ1) is 13.2. The summed E-state index contributed by atoms with van der Waals surface area (Å²) in [5.74, 6) is -0.776. The third-order valence-corrected chi connectivity index (χ3v) is 3.98. The van der Waals surface area contributed by atoms with E-state index in [1.54, 1.807) is 13.1 Å². The molecule has 106 valence electrons. The lowest BCUT2D eigenvalue weighted by Crippen LogP contribution is -2.34. The van der Waals surface area contributed by atoms with Crippen LogP contribution >= 0.6 is 0 Å². The molecular formula is C15H17F2N3. The van der Waals surface area contributed by atoms with Crippen molar-refractivity contribution in [3.63, 3.8) is 0 Å². The van der Waals surface area contributed by atoms with Crippen molar-refractivity contribution in [2.45, 2.75) is 13.3 Å². The molecule has 2 unspecified atom stereocenters. The summed E-state index contributed by atoms with van der Waals surface area (Å²) in [7, 11) is 0. The topological polar surface area (TPSA) is 40.7 Å². The summed E-state index contributed by atoms with van der Waals surface area (Å²) in [5.41, 5.74) is 2.94. The number of aromatic amines is 1. The number of rotatable bonds is 3. The highest BCUT2D eigenvalue weighted by molar-refractivity contribution is 5.91. The summed E-state index contributed by atoms with van der Waals surface area (Å²) in [6, 6.07) is 3.88. The fraction of sp³-hybridized carbons (Fsp3) is 0.400. The Hall–Kier alpha value is -1.75. The molecule has 0 fully saturated rings. The first-order chi connectivity index (χ1) is 9.66. The molecule has 20 heavy (non-hydrogen) atoms. The maximum Gasteiger partial charge on any atom is 0.241 e. The first-order valence-corrected chi connectivity index (χ1v) is 6.79. The Morgan fingerprint density at radius 3 is 3.05 bits per heavy atom. The van der Waals surface area contributed by atoms with Gasteiger partial charge in [-0.3, -0.25) is 0 Å². The SMILES string of the molecule is CC(C(F)F)C1C=C(c2c[nH]c3ncccc23)CNC1. The number of alkyl halides is 2. The van der Waals surface area contributed by atoms with Crippen LogP contribution in [0.1, 0.15) is 12.5 Å². The Morgan fingerprint density at radius 2 is 2.25 bits per heavy atom. The normalized spacial score (nSPS) is 21.2. The van der Waals surface area contributed by atoms with Gasteiger partial charge in [0.1, 0.15) is 5.65 Å². The highest BCUT2D eigenvalue weighted by Gasteiger charge is 2.26. The van der Waals surface area contributed by atoms with Crippen LogP contribution in [0.2, 0.25) is 0 Å². The van der Waals surface area contributed by atoms with Crippen LogP contribution in [0.25, 0.3) is 16.6 Å². The molecule has 2 aromatic heterocycles. The van der Waals surface area contributed by atoms with Crippen LogP contribution in [0.4, 0.5) is 8.78 Å². The molecule has 0 aromatic carbocycles. The number of aromatic nitrogens is 2. The van der Waals surface area contributed by atoms with E-state index in [2.05, 4.69) is 15.3 Å². The van der Waals surface area contributed by atoms with E-state index in [0.29, 0.717) is 13.1 Å². The van der Waals surface area contributed by atoms with E-state index in [-0.39, 0.29) is 5.92 Å². The Kier molecular flexibility index (Phi) is 3.53. The zero-order valence-corrected chi connectivity index (χ0v) is 11.2. The van der Waals surface area contributed by atoms with Crippen LogP contribution < -0.4 is 5.32 Å². The summed E-state index contributed by atoms with van der Waals surface area (Å²) >= 11 is 0. The fourth-order valence-corrected chi connectivity index (χ4v) is 2.68. The Bertz CT molecular complexity index is 633. The van der Waals surface area contributed by atoms with Crippen molar-refractivity contribution >= 4 is 16.6 Å². The monoisotopic (exact) mass is 277 g/mol. The maximum absolute atomic E-state index is 12.9. The number of halogens is 2. The predicted molar refractivity (Wildman–Crippen MR) is 75.6 cm³/mol. The van der Waals surface area contributed by atoms with E-state index < -0.39 is 12.3 Å².